The molecule has 3 rings (SSSR count). The summed E-state index contributed by atoms with van der Waals surface area (Å²) in [6.07, 6.45) is 1.60. The Bertz CT molecular complexity index is 698. The highest BCUT2D eigenvalue weighted by molar-refractivity contribution is 5.94. The predicted octanol–water partition coefficient (Wildman–Crippen LogP) is 3.36. The van der Waals surface area contributed by atoms with E-state index >= 15 is 0 Å². The Morgan fingerprint density at radius 3 is 2.46 bits per heavy atom. The van der Waals surface area contributed by atoms with E-state index in [2.05, 4.69) is 10.2 Å². The average Bonchev–Trinajstić information content (AvgIpc) is 2.61. The van der Waals surface area contributed by atoms with Crippen LogP contribution in [0.5, 0.6) is 0 Å². The van der Waals surface area contributed by atoms with Crippen LogP contribution in [0.25, 0.3) is 0 Å². The Morgan fingerprint density at radius 2 is 1.75 bits per heavy atom. The van der Waals surface area contributed by atoms with Gasteiger partial charge in [-0.25, -0.2) is 8.78 Å². The Morgan fingerprint density at radius 1 is 1.04 bits per heavy atom. The molecule has 0 unspecified atom stereocenters. The van der Waals surface area contributed by atoms with Gasteiger partial charge in [-0.15, -0.1) is 0 Å². The minimum atomic E-state index is -0.808. The molecule has 1 aliphatic heterocycles. The molecule has 0 atom stereocenters. The maximum Gasteiger partial charge on any atom is 0.251 e. The van der Waals surface area contributed by atoms with Gasteiger partial charge in [-0.1, -0.05) is 30.3 Å². The average molecular weight is 330 g/mol. The summed E-state index contributed by atoms with van der Waals surface area (Å²) in [5, 5.41) is 3.04. The highest BCUT2D eigenvalue weighted by Gasteiger charge is 2.22. The van der Waals surface area contributed by atoms with E-state index in [1.807, 2.05) is 18.2 Å². The van der Waals surface area contributed by atoms with Gasteiger partial charge in [-0.2, -0.15) is 0 Å². The molecule has 1 amide bonds. The summed E-state index contributed by atoms with van der Waals surface area (Å²) >= 11 is 0. The lowest BCUT2D eigenvalue weighted by molar-refractivity contribution is 0.0908. The van der Waals surface area contributed by atoms with E-state index in [-0.39, 0.29) is 11.9 Å². The van der Waals surface area contributed by atoms with Gasteiger partial charge in [0, 0.05) is 36.8 Å². The second-order valence-corrected chi connectivity index (χ2v) is 6.10. The van der Waals surface area contributed by atoms with Gasteiger partial charge in [0.1, 0.15) is 0 Å². The largest absolute Gasteiger partial charge is 0.349 e. The first-order valence-electron chi connectivity index (χ1n) is 8.14. The van der Waals surface area contributed by atoms with Crippen molar-refractivity contribution in [1.29, 1.82) is 0 Å². The molecular formula is C19H20F2N2O. The van der Waals surface area contributed by atoms with Gasteiger partial charge in [0.25, 0.3) is 5.91 Å². The van der Waals surface area contributed by atoms with Crippen LogP contribution in [0.1, 0.15) is 28.8 Å². The lowest BCUT2D eigenvalue weighted by atomic mass is 10.0. The number of likely N-dealkylation sites (tertiary alicyclic amines) is 1. The second kappa shape index (κ2) is 7.53. The maximum atomic E-state index is 13.7. The van der Waals surface area contributed by atoms with E-state index in [0.29, 0.717) is 17.7 Å². The van der Waals surface area contributed by atoms with Crippen LogP contribution in [0.15, 0.2) is 48.5 Å². The van der Waals surface area contributed by atoms with Gasteiger partial charge in [0.2, 0.25) is 0 Å². The number of halogens is 2. The molecule has 126 valence electrons. The van der Waals surface area contributed by atoms with Crippen molar-refractivity contribution in [3.05, 3.63) is 71.3 Å². The van der Waals surface area contributed by atoms with E-state index in [4.69, 9.17) is 0 Å². The van der Waals surface area contributed by atoms with Gasteiger partial charge in [-0.3, -0.25) is 9.69 Å². The lowest BCUT2D eigenvalue weighted by Gasteiger charge is -2.32. The molecule has 1 saturated heterocycles. The quantitative estimate of drug-likeness (QED) is 0.932. The van der Waals surface area contributed by atoms with Crippen LogP contribution in [0.3, 0.4) is 0 Å². The van der Waals surface area contributed by atoms with Crippen molar-refractivity contribution >= 4 is 5.91 Å². The normalized spacial score (nSPS) is 16.1. The molecule has 1 N–H and O–H groups in total. The first-order valence-corrected chi connectivity index (χ1v) is 8.14. The summed E-state index contributed by atoms with van der Waals surface area (Å²) in [6.45, 7) is 1.88. The number of hydrogen-bond acceptors (Lipinski definition) is 2. The number of nitrogens with one attached hydrogen (secondary N) is 1. The van der Waals surface area contributed by atoms with Crippen LogP contribution < -0.4 is 5.32 Å². The van der Waals surface area contributed by atoms with Crippen molar-refractivity contribution in [1.82, 2.24) is 10.2 Å². The zero-order chi connectivity index (χ0) is 16.9. The molecule has 1 aliphatic rings. The predicted molar refractivity (Wildman–Crippen MR) is 88.6 cm³/mol. The van der Waals surface area contributed by atoms with Crippen molar-refractivity contribution < 1.29 is 13.6 Å². The number of nitrogens with zero attached hydrogens (tertiary/aromatic N) is 1. The highest BCUT2D eigenvalue weighted by atomic mass is 19.2. The summed E-state index contributed by atoms with van der Waals surface area (Å²) in [4.78, 5) is 14.2. The van der Waals surface area contributed by atoms with Crippen LogP contribution >= 0.6 is 0 Å². The van der Waals surface area contributed by atoms with Gasteiger partial charge < -0.3 is 5.32 Å². The third-order valence-corrected chi connectivity index (χ3v) is 4.38. The van der Waals surface area contributed by atoms with Gasteiger partial charge in [0.05, 0.1) is 0 Å². The van der Waals surface area contributed by atoms with Crippen LogP contribution in [-0.4, -0.2) is 29.9 Å². The SMILES string of the molecule is O=C(NC1CCN(Cc2cccc(F)c2F)CC1)c1ccccc1. The summed E-state index contributed by atoms with van der Waals surface area (Å²) < 4.78 is 27.0. The minimum Gasteiger partial charge on any atom is -0.349 e. The molecule has 5 heteroatoms. The van der Waals surface area contributed by atoms with Crippen molar-refractivity contribution in [3.8, 4) is 0 Å². The van der Waals surface area contributed by atoms with E-state index in [1.165, 1.54) is 6.07 Å². The first-order chi connectivity index (χ1) is 11.6. The van der Waals surface area contributed by atoms with E-state index < -0.39 is 11.6 Å². The second-order valence-electron chi connectivity index (χ2n) is 6.10. The molecule has 0 radical (unpaired) electrons. The molecular weight excluding hydrogens is 310 g/mol. The van der Waals surface area contributed by atoms with Crippen molar-refractivity contribution in [3.63, 3.8) is 0 Å². The molecule has 0 spiro atoms. The van der Waals surface area contributed by atoms with Crippen molar-refractivity contribution in [2.75, 3.05) is 13.1 Å². The molecule has 0 aliphatic carbocycles. The maximum absolute atomic E-state index is 13.7. The molecule has 1 heterocycles. The smallest absolute Gasteiger partial charge is 0.251 e. The van der Waals surface area contributed by atoms with Crippen LogP contribution in [-0.2, 0) is 6.54 Å². The summed E-state index contributed by atoms with van der Waals surface area (Å²) in [5.41, 5.74) is 1.03. The van der Waals surface area contributed by atoms with Crippen LogP contribution in [0.2, 0.25) is 0 Å². The lowest BCUT2D eigenvalue weighted by Crippen LogP contribution is -2.44. The molecule has 1 fully saturated rings. The summed E-state index contributed by atoms with van der Waals surface area (Å²) in [5.74, 6) is -1.64. The third kappa shape index (κ3) is 3.97. The fourth-order valence-corrected chi connectivity index (χ4v) is 3.01. The first kappa shape index (κ1) is 16.6. The Kier molecular flexibility index (Phi) is 5.20. The summed E-state index contributed by atoms with van der Waals surface area (Å²) in [7, 11) is 0. The Labute approximate surface area is 140 Å². The molecule has 3 nitrogen and oxygen atoms in total. The summed E-state index contributed by atoms with van der Waals surface area (Å²) in [6, 6.07) is 13.5. The highest BCUT2D eigenvalue weighted by Crippen LogP contribution is 2.18. The zero-order valence-electron chi connectivity index (χ0n) is 13.3. The number of carbonyl (C=O) groups is 1. The topological polar surface area (TPSA) is 32.3 Å². The van der Waals surface area contributed by atoms with Crippen LogP contribution in [0.4, 0.5) is 8.78 Å². The van der Waals surface area contributed by atoms with E-state index in [0.717, 1.165) is 32.0 Å². The van der Waals surface area contributed by atoms with Gasteiger partial charge >= 0.3 is 0 Å². The minimum absolute atomic E-state index is 0.0646. The zero-order valence-corrected chi connectivity index (χ0v) is 13.3. The van der Waals surface area contributed by atoms with Crippen LogP contribution in [0, 0.1) is 11.6 Å². The number of carbonyl (C=O) groups excluding carboxylic acids is 1. The number of piperidine rings is 1. The van der Waals surface area contributed by atoms with E-state index in [9.17, 15) is 13.6 Å². The molecule has 2 aromatic carbocycles. The Hall–Kier alpha value is -2.27. The number of rotatable bonds is 4. The molecule has 24 heavy (non-hydrogen) atoms. The molecule has 2 aromatic rings. The molecule has 0 aromatic heterocycles. The van der Waals surface area contributed by atoms with Crippen molar-refractivity contribution in [2.45, 2.75) is 25.4 Å². The standard InChI is InChI=1S/C19H20F2N2O/c20-17-8-4-7-15(18(17)21)13-23-11-9-16(10-12-23)22-19(24)14-5-2-1-3-6-14/h1-8,16H,9-13H2,(H,22,24). The fraction of sp³-hybridized carbons (Fsp3) is 0.316. The van der Waals surface area contributed by atoms with Gasteiger partial charge in [0.15, 0.2) is 11.6 Å². The fourth-order valence-electron chi connectivity index (χ4n) is 3.01. The Balaban J connectivity index is 1.51. The molecule has 0 saturated carbocycles. The monoisotopic (exact) mass is 330 g/mol. The molecule has 0 bridgehead atoms. The number of amides is 1. The van der Waals surface area contributed by atoms with Gasteiger partial charge in [-0.05, 0) is 31.0 Å². The number of hydrogen-bond donors (Lipinski definition) is 1. The third-order valence-electron chi connectivity index (χ3n) is 4.38. The van der Waals surface area contributed by atoms with Crippen molar-refractivity contribution in [2.24, 2.45) is 0 Å². The number of benzene rings is 2. The van der Waals surface area contributed by atoms with E-state index in [1.54, 1.807) is 18.2 Å².